The molecule has 1 saturated heterocycles. The molecule has 0 unspecified atom stereocenters. The third-order valence-electron chi connectivity index (χ3n) is 4.46. The number of rotatable bonds is 5. The number of carbonyl (C=O) groups excluding carboxylic acids is 2. The lowest BCUT2D eigenvalue weighted by molar-refractivity contribution is -0.131. The fourth-order valence-electron chi connectivity index (χ4n) is 3.10. The highest BCUT2D eigenvalue weighted by Gasteiger charge is 2.25. The van der Waals surface area contributed by atoms with E-state index in [1.165, 1.54) is 0 Å². The number of amides is 2. The molecule has 0 aromatic carbocycles. The summed E-state index contributed by atoms with van der Waals surface area (Å²) in [5.41, 5.74) is 0. The Kier molecular flexibility index (Phi) is 5.57. The summed E-state index contributed by atoms with van der Waals surface area (Å²) in [5.74, 6) is 1.17. The lowest BCUT2D eigenvalue weighted by Gasteiger charge is -2.32. The summed E-state index contributed by atoms with van der Waals surface area (Å²) in [4.78, 5) is 30.5. The molecule has 25 heavy (non-hydrogen) atoms. The molecule has 1 fully saturated rings. The number of furan rings is 1. The number of imidazole rings is 1. The number of halogens is 1. The maximum atomic E-state index is 12.4. The molecule has 134 valence electrons. The number of nitrogens with zero attached hydrogens (tertiary/aromatic N) is 3. The number of aromatic nitrogens is 2. The second-order valence-corrected chi connectivity index (χ2v) is 7.07. The third-order valence-corrected chi connectivity index (χ3v) is 4.89. The van der Waals surface area contributed by atoms with E-state index in [1.807, 2.05) is 22.7 Å². The molecule has 1 atom stereocenters. The first kappa shape index (κ1) is 17.7. The standard InChI is InChI=1S/C17H21BrN4O3/c1-21-8-6-19-15(21)9-12-3-2-7-22(11-12)16(23)10-20-17(24)13-4-5-14(18)25-13/h4-6,8,12H,2-3,7,9-11H2,1H3,(H,20,24)/t12-/m1/s1. The average Bonchev–Trinajstić information content (AvgIpc) is 3.21. The van der Waals surface area contributed by atoms with Gasteiger partial charge in [0, 0.05) is 39.0 Å². The van der Waals surface area contributed by atoms with E-state index in [0.717, 1.165) is 31.6 Å². The van der Waals surface area contributed by atoms with Crippen molar-refractivity contribution in [3.05, 3.63) is 40.8 Å². The summed E-state index contributed by atoms with van der Waals surface area (Å²) in [6.45, 7) is 1.41. The smallest absolute Gasteiger partial charge is 0.287 e. The summed E-state index contributed by atoms with van der Waals surface area (Å²) in [6.07, 6.45) is 6.65. The molecule has 2 amide bonds. The van der Waals surface area contributed by atoms with Crippen molar-refractivity contribution in [2.24, 2.45) is 13.0 Å². The van der Waals surface area contributed by atoms with Crippen LogP contribution in [0.15, 0.2) is 33.6 Å². The minimum absolute atomic E-state index is 0.0216. The molecule has 0 spiro atoms. The largest absolute Gasteiger partial charge is 0.444 e. The maximum Gasteiger partial charge on any atom is 0.287 e. The average molecular weight is 409 g/mol. The number of hydrogen-bond donors (Lipinski definition) is 1. The van der Waals surface area contributed by atoms with Crippen molar-refractivity contribution in [3.63, 3.8) is 0 Å². The van der Waals surface area contributed by atoms with E-state index in [2.05, 4.69) is 26.2 Å². The normalized spacial score (nSPS) is 17.5. The van der Waals surface area contributed by atoms with Gasteiger partial charge in [0.15, 0.2) is 10.4 Å². The fourth-order valence-corrected chi connectivity index (χ4v) is 3.41. The van der Waals surface area contributed by atoms with E-state index in [1.54, 1.807) is 18.3 Å². The van der Waals surface area contributed by atoms with Gasteiger partial charge in [-0.25, -0.2) is 4.98 Å². The predicted octanol–water partition coefficient (Wildman–Crippen LogP) is 1.99. The molecule has 0 saturated carbocycles. The Morgan fingerprint density at radius 3 is 2.96 bits per heavy atom. The Morgan fingerprint density at radius 1 is 1.44 bits per heavy atom. The first-order chi connectivity index (χ1) is 12.0. The van der Waals surface area contributed by atoms with Crippen molar-refractivity contribution in [2.75, 3.05) is 19.6 Å². The van der Waals surface area contributed by atoms with Gasteiger partial charge in [-0.3, -0.25) is 9.59 Å². The Morgan fingerprint density at radius 2 is 2.28 bits per heavy atom. The Balaban J connectivity index is 1.50. The third kappa shape index (κ3) is 4.50. The summed E-state index contributed by atoms with van der Waals surface area (Å²) in [6, 6.07) is 3.21. The van der Waals surface area contributed by atoms with E-state index in [-0.39, 0.29) is 24.1 Å². The van der Waals surface area contributed by atoms with Gasteiger partial charge in [-0.2, -0.15) is 0 Å². The van der Waals surface area contributed by atoms with Crippen LogP contribution >= 0.6 is 15.9 Å². The van der Waals surface area contributed by atoms with Crippen molar-refractivity contribution >= 4 is 27.7 Å². The van der Waals surface area contributed by atoms with E-state index in [9.17, 15) is 9.59 Å². The summed E-state index contributed by atoms with van der Waals surface area (Å²) in [7, 11) is 1.98. The number of carbonyl (C=O) groups is 2. The van der Waals surface area contributed by atoms with Gasteiger partial charge >= 0.3 is 0 Å². The second-order valence-electron chi connectivity index (χ2n) is 6.29. The Bertz CT molecular complexity index is 755. The van der Waals surface area contributed by atoms with Gasteiger partial charge < -0.3 is 19.2 Å². The van der Waals surface area contributed by atoms with Crippen LogP contribution in [-0.2, 0) is 18.3 Å². The Hall–Kier alpha value is -2.09. The molecule has 2 aromatic rings. The summed E-state index contributed by atoms with van der Waals surface area (Å²) >= 11 is 3.15. The number of hydrogen-bond acceptors (Lipinski definition) is 4. The zero-order chi connectivity index (χ0) is 17.8. The molecule has 1 aliphatic rings. The van der Waals surface area contributed by atoms with Gasteiger partial charge in [0.2, 0.25) is 5.91 Å². The van der Waals surface area contributed by atoms with Crippen LogP contribution in [-0.4, -0.2) is 45.9 Å². The molecular weight excluding hydrogens is 388 g/mol. The van der Waals surface area contributed by atoms with Crippen LogP contribution in [0.4, 0.5) is 0 Å². The van der Waals surface area contributed by atoms with Crippen molar-refractivity contribution in [3.8, 4) is 0 Å². The molecule has 8 heteroatoms. The van der Waals surface area contributed by atoms with Crippen LogP contribution in [0.1, 0.15) is 29.2 Å². The van der Waals surface area contributed by atoms with E-state index < -0.39 is 0 Å². The van der Waals surface area contributed by atoms with Gasteiger partial charge in [-0.1, -0.05) is 0 Å². The fraction of sp³-hybridized carbons (Fsp3) is 0.471. The first-order valence-corrected chi connectivity index (χ1v) is 9.09. The first-order valence-electron chi connectivity index (χ1n) is 8.30. The highest BCUT2D eigenvalue weighted by Crippen LogP contribution is 2.20. The van der Waals surface area contributed by atoms with Crippen LogP contribution in [0.5, 0.6) is 0 Å². The summed E-state index contributed by atoms with van der Waals surface area (Å²) in [5, 5.41) is 2.62. The molecule has 3 rings (SSSR count). The maximum absolute atomic E-state index is 12.4. The molecule has 7 nitrogen and oxygen atoms in total. The number of nitrogens with one attached hydrogen (secondary N) is 1. The molecule has 2 aromatic heterocycles. The van der Waals surface area contributed by atoms with Crippen molar-refractivity contribution < 1.29 is 14.0 Å². The SMILES string of the molecule is Cn1ccnc1C[C@H]1CCCN(C(=O)CNC(=O)c2ccc(Br)o2)C1. The Labute approximate surface area is 154 Å². The monoisotopic (exact) mass is 408 g/mol. The molecule has 0 radical (unpaired) electrons. The zero-order valence-corrected chi connectivity index (χ0v) is 15.7. The quantitative estimate of drug-likeness (QED) is 0.819. The predicted molar refractivity (Wildman–Crippen MR) is 95.0 cm³/mol. The minimum atomic E-state index is -0.388. The highest BCUT2D eigenvalue weighted by atomic mass is 79.9. The molecular formula is C17H21BrN4O3. The number of aryl methyl sites for hydroxylation is 1. The number of likely N-dealkylation sites (tertiary alicyclic amines) is 1. The van der Waals surface area contributed by atoms with Gasteiger partial charge in [0.1, 0.15) is 5.82 Å². The molecule has 3 heterocycles. The van der Waals surface area contributed by atoms with Gasteiger partial charge in [-0.05, 0) is 46.8 Å². The molecule has 0 aliphatic carbocycles. The van der Waals surface area contributed by atoms with Crippen LogP contribution in [0, 0.1) is 5.92 Å². The summed E-state index contributed by atoms with van der Waals surface area (Å²) < 4.78 is 7.68. The van der Waals surface area contributed by atoms with Crippen LogP contribution in [0.25, 0.3) is 0 Å². The van der Waals surface area contributed by atoms with E-state index in [0.29, 0.717) is 17.1 Å². The second kappa shape index (κ2) is 7.86. The van der Waals surface area contributed by atoms with Crippen LogP contribution in [0.3, 0.4) is 0 Å². The van der Waals surface area contributed by atoms with Crippen molar-refractivity contribution in [2.45, 2.75) is 19.3 Å². The van der Waals surface area contributed by atoms with Gasteiger partial charge in [-0.15, -0.1) is 0 Å². The van der Waals surface area contributed by atoms with E-state index in [4.69, 9.17) is 4.42 Å². The minimum Gasteiger partial charge on any atom is -0.444 e. The highest BCUT2D eigenvalue weighted by molar-refractivity contribution is 9.10. The molecule has 1 N–H and O–H groups in total. The molecule has 1 aliphatic heterocycles. The van der Waals surface area contributed by atoms with Crippen molar-refractivity contribution in [1.29, 1.82) is 0 Å². The topological polar surface area (TPSA) is 80.4 Å². The van der Waals surface area contributed by atoms with Crippen LogP contribution in [0.2, 0.25) is 0 Å². The molecule has 0 bridgehead atoms. The van der Waals surface area contributed by atoms with Crippen LogP contribution < -0.4 is 5.32 Å². The van der Waals surface area contributed by atoms with E-state index >= 15 is 0 Å². The van der Waals surface area contributed by atoms with Crippen molar-refractivity contribution in [1.82, 2.24) is 19.8 Å². The number of piperidine rings is 1. The van der Waals surface area contributed by atoms with Gasteiger partial charge in [0.25, 0.3) is 5.91 Å². The lowest BCUT2D eigenvalue weighted by Crippen LogP contribution is -2.45. The zero-order valence-electron chi connectivity index (χ0n) is 14.1. The van der Waals surface area contributed by atoms with Gasteiger partial charge in [0.05, 0.1) is 6.54 Å². The lowest BCUT2D eigenvalue weighted by atomic mass is 9.94.